The van der Waals surface area contributed by atoms with E-state index in [1.807, 2.05) is 36.9 Å². The quantitative estimate of drug-likeness (QED) is 0.468. The summed E-state index contributed by atoms with van der Waals surface area (Å²) in [5, 5.41) is 7.35. The van der Waals surface area contributed by atoms with Crippen molar-refractivity contribution in [3.63, 3.8) is 0 Å². The molecule has 114 valence electrons. The molecule has 0 unspecified atom stereocenters. The van der Waals surface area contributed by atoms with E-state index >= 15 is 0 Å². The van der Waals surface area contributed by atoms with Crippen LogP contribution >= 0.6 is 24.0 Å². The number of guanidine groups is 1. The van der Waals surface area contributed by atoms with E-state index in [1.165, 1.54) is 11.3 Å². The average molecular weight is 400 g/mol. The predicted molar refractivity (Wildman–Crippen MR) is 96.2 cm³/mol. The van der Waals surface area contributed by atoms with Crippen LogP contribution in [0.3, 0.4) is 0 Å². The number of anilines is 1. The maximum atomic E-state index is 5.83. The first-order valence-corrected chi connectivity index (χ1v) is 6.55. The van der Waals surface area contributed by atoms with Crippen LogP contribution in [0.2, 0.25) is 0 Å². The smallest absolute Gasteiger partial charge is 0.194 e. The molecule has 0 bridgehead atoms. The van der Waals surface area contributed by atoms with Gasteiger partial charge in [0, 0.05) is 25.5 Å². The Morgan fingerprint density at radius 1 is 1.38 bits per heavy atom. The fourth-order valence-electron chi connectivity index (χ4n) is 2.07. The first kappa shape index (κ1) is 17.4. The zero-order valence-electron chi connectivity index (χ0n) is 12.5. The summed E-state index contributed by atoms with van der Waals surface area (Å²) in [6, 6.07) is 5.59. The topological polar surface area (TPSA) is 81.1 Å². The van der Waals surface area contributed by atoms with Crippen LogP contribution in [0.5, 0.6) is 0 Å². The van der Waals surface area contributed by atoms with Gasteiger partial charge in [0.15, 0.2) is 5.96 Å². The van der Waals surface area contributed by atoms with E-state index in [1.54, 1.807) is 6.20 Å². The third-order valence-corrected chi connectivity index (χ3v) is 3.22. The zero-order valence-corrected chi connectivity index (χ0v) is 14.8. The molecular formula is C14H21IN6. The van der Waals surface area contributed by atoms with Gasteiger partial charge in [-0.2, -0.15) is 5.10 Å². The van der Waals surface area contributed by atoms with Crippen molar-refractivity contribution in [2.75, 3.05) is 11.9 Å². The zero-order chi connectivity index (χ0) is 14.5. The molecule has 0 amide bonds. The minimum Gasteiger partial charge on any atom is -0.370 e. The van der Waals surface area contributed by atoms with Crippen LogP contribution in [0, 0.1) is 13.8 Å². The number of halogens is 1. The van der Waals surface area contributed by atoms with Crippen LogP contribution in [0.25, 0.3) is 0 Å². The lowest BCUT2D eigenvalue weighted by Crippen LogP contribution is -2.23. The summed E-state index contributed by atoms with van der Waals surface area (Å²) in [4.78, 5) is 8.44. The van der Waals surface area contributed by atoms with Crippen molar-refractivity contribution in [1.29, 1.82) is 0 Å². The van der Waals surface area contributed by atoms with Gasteiger partial charge >= 0.3 is 0 Å². The molecule has 2 heterocycles. The molecular weight excluding hydrogens is 379 g/mol. The van der Waals surface area contributed by atoms with Crippen molar-refractivity contribution in [1.82, 2.24) is 14.8 Å². The highest BCUT2D eigenvalue weighted by atomic mass is 127. The fraction of sp³-hybridized carbons (Fsp3) is 0.357. The van der Waals surface area contributed by atoms with Crippen molar-refractivity contribution >= 4 is 35.8 Å². The van der Waals surface area contributed by atoms with E-state index in [0.29, 0.717) is 18.3 Å². The number of nitrogens with zero attached hydrogens (tertiary/aromatic N) is 4. The van der Waals surface area contributed by atoms with E-state index in [-0.39, 0.29) is 24.0 Å². The number of hydrogen-bond donors (Lipinski definition) is 2. The molecule has 0 atom stereocenters. The summed E-state index contributed by atoms with van der Waals surface area (Å²) in [7, 11) is 1.95. The SMILES string of the molecule is Cc1nn(C)c(C)c1CCN=C(N)Nc1ccccn1.I. The van der Waals surface area contributed by atoms with Crippen molar-refractivity contribution in [2.24, 2.45) is 17.8 Å². The van der Waals surface area contributed by atoms with Crippen molar-refractivity contribution in [3.8, 4) is 0 Å². The average Bonchev–Trinajstić information content (AvgIpc) is 2.66. The molecule has 6 nitrogen and oxygen atoms in total. The van der Waals surface area contributed by atoms with Gasteiger partial charge in [-0.1, -0.05) is 6.07 Å². The van der Waals surface area contributed by atoms with Crippen LogP contribution in [0.1, 0.15) is 17.0 Å². The van der Waals surface area contributed by atoms with Gasteiger partial charge in [-0.3, -0.25) is 9.67 Å². The molecule has 2 rings (SSSR count). The Hall–Kier alpha value is -1.64. The second-order valence-corrected chi connectivity index (χ2v) is 4.63. The van der Waals surface area contributed by atoms with E-state index in [9.17, 15) is 0 Å². The molecule has 2 aromatic rings. The second-order valence-electron chi connectivity index (χ2n) is 4.63. The Bertz CT molecular complexity index is 605. The first-order valence-electron chi connectivity index (χ1n) is 6.55. The van der Waals surface area contributed by atoms with Crippen LogP contribution in [-0.2, 0) is 13.5 Å². The Morgan fingerprint density at radius 2 is 2.14 bits per heavy atom. The maximum Gasteiger partial charge on any atom is 0.194 e. The largest absolute Gasteiger partial charge is 0.370 e. The van der Waals surface area contributed by atoms with Crippen LogP contribution in [0.15, 0.2) is 29.4 Å². The minimum atomic E-state index is 0. The molecule has 7 heteroatoms. The highest BCUT2D eigenvalue weighted by molar-refractivity contribution is 14.0. The molecule has 2 aromatic heterocycles. The number of hydrogen-bond acceptors (Lipinski definition) is 3. The maximum absolute atomic E-state index is 5.83. The van der Waals surface area contributed by atoms with E-state index < -0.39 is 0 Å². The molecule has 0 fully saturated rings. The molecule has 0 saturated carbocycles. The van der Waals surface area contributed by atoms with Gasteiger partial charge < -0.3 is 11.1 Å². The molecule has 21 heavy (non-hydrogen) atoms. The van der Waals surface area contributed by atoms with Crippen molar-refractivity contribution < 1.29 is 0 Å². The van der Waals surface area contributed by atoms with Gasteiger partial charge in [-0.15, -0.1) is 24.0 Å². The summed E-state index contributed by atoms with van der Waals surface area (Å²) >= 11 is 0. The third-order valence-electron chi connectivity index (χ3n) is 3.22. The first-order chi connectivity index (χ1) is 9.58. The Labute approximate surface area is 141 Å². The van der Waals surface area contributed by atoms with Gasteiger partial charge in [0.25, 0.3) is 0 Å². The van der Waals surface area contributed by atoms with Gasteiger partial charge in [0.2, 0.25) is 0 Å². The van der Waals surface area contributed by atoms with Gasteiger partial charge in [-0.25, -0.2) is 4.98 Å². The minimum absolute atomic E-state index is 0. The number of aliphatic imine (C=N–C) groups is 1. The Morgan fingerprint density at radius 3 is 2.71 bits per heavy atom. The number of aromatic nitrogens is 3. The van der Waals surface area contributed by atoms with Crippen molar-refractivity contribution in [2.45, 2.75) is 20.3 Å². The lowest BCUT2D eigenvalue weighted by Gasteiger charge is -2.04. The summed E-state index contributed by atoms with van der Waals surface area (Å²) in [6.07, 6.45) is 2.54. The summed E-state index contributed by atoms with van der Waals surface area (Å²) in [5.74, 6) is 1.07. The molecule has 0 saturated heterocycles. The lowest BCUT2D eigenvalue weighted by molar-refractivity contribution is 0.730. The molecule has 0 aliphatic carbocycles. The third kappa shape index (κ3) is 4.69. The van der Waals surface area contributed by atoms with Gasteiger partial charge in [0.1, 0.15) is 5.82 Å². The highest BCUT2D eigenvalue weighted by Crippen LogP contribution is 2.12. The van der Waals surface area contributed by atoms with Crippen LogP contribution < -0.4 is 11.1 Å². The van der Waals surface area contributed by atoms with Gasteiger partial charge in [-0.05, 0) is 38.0 Å². The fourth-order valence-corrected chi connectivity index (χ4v) is 2.07. The van der Waals surface area contributed by atoms with Crippen LogP contribution in [-0.4, -0.2) is 27.3 Å². The number of nitrogens with one attached hydrogen (secondary N) is 1. The van der Waals surface area contributed by atoms with E-state index in [2.05, 4.69) is 27.3 Å². The molecule has 0 spiro atoms. The Kier molecular flexibility index (Phi) is 6.60. The second kappa shape index (κ2) is 7.96. The molecule has 0 radical (unpaired) electrons. The van der Waals surface area contributed by atoms with E-state index in [0.717, 1.165) is 12.1 Å². The van der Waals surface area contributed by atoms with Gasteiger partial charge in [0.05, 0.1) is 5.69 Å². The summed E-state index contributed by atoms with van der Waals surface area (Å²) in [6.45, 7) is 4.70. The molecule has 0 aromatic carbocycles. The normalized spacial score (nSPS) is 11.1. The number of aryl methyl sites for hydroxylation is 2. The highest BCUT2D eigenvalue weighted by Gasteiger charge is 2.08. The Balaban J connectivity index is 0.00000220. The number of rotatable bonds is 4. The van der Waals surface area contributed by atoms with E-state index in [4.69, 9.17) is 5.73 Å². The standard InChI is InChI=1S/C14H20N6.HI/c1-10-12(11(2)20(3)19-10)7-9-17-14(15)18-13-6-4-5-8-16-13;/h4-6,8H,7,9H2,1-3H3,(H3,15,16,17,18);1H. The lowest BCUT2D eigenvalue weighted by atomic mass is 10.1. The number of nitrogens with two attached hydrogens (primary N) is 1. The predicted octanol–water partition coefficient (Wildman–Crippen LogP) is 2.02. The molecule has 3 N–H and O–H groups in total. The molecule has 0 aliphatic rings. The summed E-state index contributed by atoms with van der Waals surface area (Å²) in [5.41, 5.74) is 9.29. The van der Waals surface area contributed by atoms with Crippen LogP contribution in [0.4, 0.5) is 5.82 Å². The van der Waals surface area contributed by atoms with Crippen molar-refractivity contribution in [3.05, 3.63) is 41.3 Å². The molecule has 0 aliphatic heterocycles. The monoisotopic (exact) mass is 400 g/mol. The summed E-state index contributed by atoms with van der Waals surface area (Å²) < 4.78 is 1.89. The number of pyridine rings is 1.